The molecule has 0 bridgehead atoms. The van der Waals surface area contributed by atoms with Crippen molar-refractivity contribution in [2.75, 3.05) is 0 Å². The molecule has 0 amide bonds. The van der Waals surface area contributed by atoms with Gasteiger partial charge in [-0.3, -0.25) is 4.98 Å². The lowest BCUT2D eigenvalue weighted by atomic mass is 9.73. The van der Waals surface area contributed by atoms with E-state index in [4.69, 9.17) is 4.74 Å². The van der Waals surface area contributed by atoms with E-state index in [1.54, 1.807) is 0 Å². The first kappa shape index (κ1) is 15.9. The van der Waals surface area contributed by atoms with Crippen LogP contribution in [0.2, 0.25) is 0 Å². The molecule has 0 spiro atoms. The summed E-state index contributed by atoms with van der Waals surface area (Å²) in [4.78, 5) is 4.67. The van der Waals surface area contributed by atoms with Crippen molar-refractivity contribution in [2.45, 2.75) is 40.0 Å². The van der Waals surface area contributed by atoms with Crippen LogP contribution in [0.5, 0.6) is 11.5 Å². The summed E-state index contributed by atoms with van der Waals surface area (Å²) in [7, 11) is 0. The Balaban J connectivity index is 1.99. The highest BCUT2D eigenvalue weighted by Gasteiger charge is 2.36. The summed E-state index contributed by atoms with van der Waals surface area (Å²) >= 11 is 0. The van der Waals surface area contributed by atoms with Crippen LogP contribution in [-0.2, 0) is 5.41 Å². The van der Waals surface area contributed by atoms with Crippen LogP contribution in [0.15, 0.2) is 48.7 Å². The Morgan fingerprint density at radius 3 is 2.40 bits per heavy atom. The van der Waals surface area contributed by atoms with Gasteiger partial charge in [0.2, 0.25) is 0 Å². The van der Waals surface area contributed by atoms with Gasteiger partial charge in [-0.15, -0.1) is 0 Å². The van der Waals surface area contributed by atoms with E-state index in [9.17, 15) is 0 Å². The molecule has 0 unspecified atom stereocenters. The SMILES string of the molecule is Cc1cnc(-c2ccc(C)c3c2Oc2ccccc2C3(C)C)cc1C. The number of rotatable bonds is 1. The quantitative estimate of drug-likeness (QED) is 0.537. The fourth-order valence-electron chi connectivity index (χ4n) is 3.85. The van der Waals surface area contributed by atoms with Gasteiger partial charge in [-0.05, 0) is 55.7 Å². The Bertz CT molecular complexity index is 985. The average Bonchev–Trinajstić information content (AvgIpc) is 2.57. The molecule has 2 aromatic carbocycles. The number of aromatic nitrogens is 1. The maximum Gasteiger partial charge on any atom is 0.141 e. The van der Waals surface area contributed by atoms with Crippen molar-refractivity contribution in [2.24, 2.45) is 0 Å². The number of fused-ring (bicyclic) bond motifs is 2. The molecular weight excluding hydrogens is 306 g/mol. The molecule has 0 aliphatic carbocycles. The number of hydrogen-bond donors (Lipinski definition) is 0. The summed E-state index contributed by atoms with van der Waals surface area (Å²) in [6, 6.07) is 14.8. The van der Waals surface area contributed by atoms with Gasteiger partial charge < -0.3 is 4.74 Å². The van der Waals surface area contributed by atoms with Crippen LogP contribution in [0.1, 0.15) is 41.7 Å². The second-order valence-corrected chi connectivity index (χ2v) is 7.51. The molecule has 126 valence electrons. The normalized spacial score (nSPS) is 14.4. The number of aryl methyl sites for hydroxylation is 3. The molecule has 0 atom stereocenters. The van der Waals surface area contributed by atoms with Gasteiger partial charge in [0.05, 0.1) is 5.69 Å². The number of hydrogen-bond acceptors (Lipinski definition) is 2. The van der Waals surface area contributed by atoms with Gasteiger partial charge in [0, 0.05) is 28.3 Å². The fraction of sp³-hybridized carbons (Fsp3) is 0.261. The number of benzene rings is 2. The molecule has 1 aliphatic heterocycles. The fourth-order valence-corrected chi connectivity index (χ4v) is 3.85. The van der Waals surface area contributed by atoms with E-state index < -0.39 is 0 Å². The van der Waals surface area contributed by atoms with Crippen LogP contribution in [0.25, 0.3) is 11.3 Å². The number of nitrogens with zero attached hydrogens (tertiary/aromatic N) is 1. The third kappa shape index (κ3) is 2.36. The van der Waals surface area contributed by atoms with E-state index in [0.717, 1.165) is 22.8 Å². The van der Waals surface area contributed by atoms with E-state index in [1.165, 1.54) is 27.8 Å². The van der Waals surface area contributed by atoms with Crippen LogP contribution < -0.4 is 4.74 Å². The van der Waals surface area contributed by atoms with Gasteiger partial charge >= 0.3 is 0 Å². The van der Waals surface area contributed by atoms with E-state index in [1.807, 2.05) is 12.3 Å². The summed E-state index contributed by atoms with van der Waals surface area (Å²) in [5, 5.41) is 0. The zero-order valence-electron chi connectivity index (χ0n) is 15.5. The first-order valence-corrected chi connectivity index (χ1v) is 8.74. The number of ether oxygens (including phenoxy) is 1. The van der Waals surface area contributed by atoms with Gasteiger partial charge in [-0.1, -0.05) is 38.1 Å². The van der Waals surface area contributed by atoms with Crippen LogP contribution in [0.3, 0.4) is 0 Å². The molecule has 2 heteroatoms. The zero-order chi connectivity index (χ0) is 17.8. The Morgan fingerprint density at radius 1 is 0.880 bits per heavy atom. The Morgan fingerprint density at radius 2 is 1.64 bits per heavy atom. The van der Waals surface area contributed by atoms with Crippen LogP contribution in [0, 0.1) is 20.8 Å². The Hall–Kier alpha value is -2.61. The van der Waals surface area contributed by atoms with Gasteiger partial charge in [0.1, 0.15) is 11.5 Å². The predicted octanol–water partition coefficient (Wildman–Crippen LogP) is 6.11. The highest BCUT2D eigenvalue weighted by molar-refractivity contribution is 5.75. The van der Waals surface area contributed by atoms with E-state index in [2.05, 4.69) is 76.0 Å². The van der Waals surface area contributed by atoms with E-state index in [-0.39, 0.29) is 5.41 Å². The topological polar surface area (TPSA) is 22.1 Å². The second-order valence-electron chi connectivity index (χ2n) is 7.51. The lowest BCUT2D eigenvalue weighted by molar-refractivity contribution is 0.418. The van der Waals surface area contributed by atoms with Crippen molar-refractivity contribution in [3.63, 3.8) is 0 Å². The minimum atomic E-state index is -0.107. The molecule has 0 saturated carbocycles. The van der Waals surface area contributed by atoms with E-state index >= 15 is 0 Å². The molecule has 0 saturated heterocycles. The monoisotopic (exact) mass is 329 g/mol. The second kappa shape index (κ2) is 5.45. The van der Waals surface area contributed by atoms with Crippen molar-refractivity contribution in [1.29, 1.82) is 0 Å². The Kier molecular flexibility index (Phi) is 3.47. The standard InChI is InChI=1S/C23H23NO/c1-14-10-11-17(19-12-15(2)16(3)13-24-19)22-21(14)23(4,5)18-8-6-7-9-20(18)25-22/h6-13H,1-5H3. The van der Waals surface area contributed by atoms with Crippen LogP contribution in [0.4, 0.5) is 0 Å². The molecule has 2 heterocycles. The van der Waals surface area contributed by atoms with Crippen molar-refractivity contribution < 1.29 is 4.74 Å². The summed E-state index contributed by atoms with van der Waals surface area (Å²) in [5.74, 6) is 1.88. The van der Waals surface area contributed by atoms with Crippen LogP contribution >= 0.6 is 0 Å². The maximum atomic E-state index is 6.41. The third-order valence-electron chi connectivity index (χ3n) is 5.41. The molecule has 25 heavy (non-hydrogen) atoms. The minimum Gasteiger partial charge on any atom is -0.456 e. The molecule has 0 radical (unpaired) electrons. The van der Waals surface area contributed by atoms with Gasteiger partial charge in [-0.25, -0.2) is 0 Å². The number of para-hydroxylation sites is 1. The number of pyridine rings is 1. The lowest BCUT2D eigenvalue weighted by Crippen LogP contribution is -2.25. The molecule has 0 fully saturated rings. The minimum absolute atomic E-state index is 0.107. The molecule has 0 N–H and O–H groups in total. The van der Waals surface area contributed by atoms with Crippen molar-refractivity contribution in [3.8, 4) is 22.8 Å². The summed E-state index contributed by atoms with van der Waals surface area (Å²) in [6.45, 7) is 10.9. The van der Waals surface area contributed by atoms with Crippen LogP contribution in [-0.4, -0.2) is 4.98 Å². The molecule has 1 aliphatic rings. The van der Waals surface area contributed by atoms with E-state index in [0.29, 0.717) is 0 Å². The third-order valence-corrected chi connectivity index (χ3v) is 5.41. The summed E-state index contributed by atoms with van der Waals surface area (Å²) < 4.78 is 6.41. The van der Waals surface area contributed by atoms with Crippen molar-refractivity contribution in [1.82, 2.24) is 4.98 Å². The maximum absolute atomic E-state index is 6.41. The highest BCUT2D eigenvalue weighted by atomic mass is 16.5. The predicted molar refractivity (Wildman–Crippen MR) is 103 cm³/mol. The molecular formula is C23H23NO. The van der Waals surface area contributed by atoms with Crippen molar-refractivity contribution in [3.05, 3.63) is 76.5 Å². The average molecular weight is 329 g/mol. The molecule has 3 aromatic rings. The molecule has 4 rings (SSSR count). The first-order valence-electron chi connectivity index (χ1n) is 8.74. The lowest BCUT2D eigenvalue weighted by Gasteiger charge is -2.36. The van der Waals surface area contributed by atoms with Crippen molar-refractivity contribution >= 4 is 0 Å². The molecule has 1 aromatic heterocycles. The van der Waals surface area contributed by atoms with Gasteiger partial charge in [0.15, 0.2) is 0 Å². The summed E-state index contributed by atoms with van der Waals surface area (Å²) in [5.41, 5.74) is 8.11. The Labute approximate surface area is 149 Å². The molecule has 2 nitrogen and oxygen atoms in total. The summed E-state index contributed by atoms with van der Waals surface area (Å²) in [6.07, 6.45) is 1.94. The highest BCUT2D eigenvalue weighted by Crippen LogP contribution is 2.52. The van der Waals surface area contributed by atoms with Gasteiger partial charge in [-0.2, -0.15) is 0 Å². The largest absolute Gasteiger partial charge is 0.456 e. The first-order chi connectivity index (χ1) is 11.9. The van der Waals surface area contributed by atoms with Gasteiger partial charge in [0.25, 0.3) is 0 Å². The smallest absolute Gasteiger partial charge is 0.141 e. The zero-order valence-corrected chi connectivity index (χ0v) is 15.5.